The molecule has 4 heterocycles. The van der Waals surface area contributed by atoms with Crippen LogP contribution in [0.4, 0.5) is 0 Å². The third kappa shape index (κ3) is 3.83. The molecule has 0 saturated carbocycles. The zero-order valence-electron chi connectivity index (χ0n) is 20.5. The Morgan fingerprint density at radius 2 is 1.95 bits per heavy atom. The van der Waals surface area contributed by atoms with Crippen LogP contribution < -0.4 is 5.56 Å². The Morgan fingerprint density at radius 3 is 2.65 bits per heavy atom. The number of carboxylic acids is 1. The van der Waals surface area contributed by atoms with Crippen LogP contribution >= 0.6 is 0 Å². The first-order chi connectivity index (χ1) is 17.7. The van der Waals surface area contributed by atoms with E-state index in [9.17, 15) is 24.3 Å². The Morgan fingerprint density at radius 1 is 1.16 bits per heavy atom. The zero-order valence-corrected chi connectivity index (χ0v) is 20.5. The van der Waals surface area contributed by atoms with Gasteiger partial charge >= 0.3 is 17.9 Å². The van der Waals surface area contributed by atoms with Crippen LogP contribution in [-0.4, -0.2) is 37.7 Å². The average Bonchev–Trinajstić information content (AvgIpc) is 3.23. The smallest absolute Gasteiger partial charge is 0.355 e. The highest BCUT2D eigenvalue weighted by atomic mass is 16.6. The number of rotatable bonds is 7. The zero-order chi connectivity index (χ0) is 26.5. The van der Waals surface area contributed by atoms with Crippen LogP contribution in [0.2, 0.25) is 0 Å². The van der Waals surface area contributed by atoms with Gasteiger partial charge in [0.2, 0.25) is 5.60 Å². The number of aromatic nitrogens is 2. The highest BCUT2D eigenvalue weighted by Crippen LogP contribution is 2.42. The van der Waals surface area contributed by atoms with Crippen LogP contribution in [0.3, 0.4) is 0 Å². The predicted octanol–water partition coefficient (Wildman–Crippen LogP) is 3.15. The average molecular weight is 507 g/mol. The van der Waals surface area contributed by atoms with Crippen molar-refractivity contribution in [2.45, 2.75) is 64.7 Å². The van der Waals surface area contributed by atoms with Gasteiger partial charge in [-0.1, -0.05) is 13.8 Å². The second-order valence-corrected chi connectivity index (χ2v) is 9.26. The molecule has 3 aromatic rings. The highest BCUT2D eigenvalue weighted by molar-refractivity contribution is 5.90. The maximum absolute atomic E-state index is 13.7. The summed E-state index contributed by atoms with van der Waals surface area (Å²) < 4.78 is 12.6. The number of carbonyl (C=O) groups excluding carboxylic acids is 2. The third-order valence-electron chi connectivity index (χ3n) is 7.17. The molecule has 5 rings (SSSR count). The maximum Gasteiger partial charge on any atom is 0.355 e. The van der Waals surface area contributed by atoms with Crippen molar-refractivity contribution in [1.82, 2.24) is 9.55 Å². The molecule has 2 aromatic heterocycles. The number of phenolic OH excluding ortho intramolecular Hbond substituents is 1. The van der Waals surface area contributed by atoms with Crippen molar-refractivity contribution in [1.29, 1.82) is 0 Å². The number of aliphatic carboxylic acids is 1. The molecule has 192 valence electrons. The number of aromatic hydroxyl groups is 1. The van der Waals surface area contributed by atoms with Crippen molar-refractivity contribution in [3.63, 3.8) is 0 Å². The van der Waals surface area contributed by atoms with Gasteiger partial charge < -0.3 is 24.3 Å². The predicted molar refractivity (Wildman–Crippen MR) is 131 cm³/mol. The quantitative estimate of drug-likeness (QED) is 0.361. The molecule has 0 radical (unpaired) electrons. The first-order valence-electron chi connectivity index (χ1n) is 12.2. The van der Waals surface area contributed by atoms with Crippen LogP contribution in [0.15, 0.2) is 29.1 Å². The summed E-state index contributed by atoms with van der Waals surface area (Å²) >= 11 is 0. The van der Waals surface area contributed by atoms with E-state index in [1.165, 1.54) is 0 Å². The second kappa shape index (κ2) is 9.02. The lowest BCUT2D eigenvalue weighted by molar-refractivity contribution is -0.189. The van der Waals surface area contributed by atoms with Gasteiger partial charge in [-0.2, -0.15) is 0 Å². The number of ether oxygens (including phenoxy) is 2. The molecule has 0 unspecified atom stereocenters. The summed E-state index contributed by atoms with van der Waals surface area (Å²) in [5.74, 6) is -2.43. The van der Waals surface area contributed by atoms with E-state index in [1.807, 2.05) is 6.92 Å². The van der Waals surface area contributed by atoms with Gasteiger partial charge in [0.15, 0.2) is 0 Å². The molecule has 0 fully saturated rings. The largest absolute Gasteiger partial charge is 0.508 e. The van der Waals surface area contributed by atoms with Crippen LogP contribution in [0.5, 0.6) is 5.75 Å². The number of hydrogen-bond acceptors (Lipinski definition) is 8. The molecule has 1 aromatic carbocycles. The van der Waals surface area contributed by atoms with Crippen molar-refractivity contribution < 1.29 is 34.1 Å². The molecule has 37 heavy (non-hydrogen) atoms. The van der Waals surface area contributed by atoms with E-state index >= 15 is 0 Å². The van der Waals surface area contributed by atoms with Crippen LogP contribution in [-0.2, 0) is 49.0 Å². The lowest BCUT2D eigenvalue weighted by Crippen LogP contribution is -2.47. The van der Waals surface area contributed by atoms with E-state index in [0.29, 0.717) is 23.3 Å². The number of carbonyl (C=O) groups is 3. The SMILES string of the molecule is CCc1c2c(nc3ccc(O)cc13)-c1cc3c(c(=O)n1C2)COC(=O)[C@@]3(CC)OC(=O)CCCC(=O)O. The Bertz CT molecular complexity index is 1540. The monoisotopic (exact) mass is 506 g/mol. The number of nitrogens with zero attached hydrogens (tertiary/aromatic N) is 2. The maximum atomic E-state index is 13.7. The van der Waals surface area contributed by atoms with Crippen LogP contribution in [0, 0.1) is 0 Å². The molecular formula is C27H26N2O8. The molecule has 0 bridgehead atoms. The Hall–Kier alpha value is -4.21. The second-order valence-electron chi connectivity index (χ2n) is 9.26. The third-order valence-corrected chi connectivity index (χ3v) is 7.17. The van der Waals surface area contributed by atoms with Crippen LogP contribution in [0.25, 0.3) is 22.3 Å². The van der Waals surface area contributed by atoms with Gasteiger partial charge in [-0.25, -0.2) is 9.78 Å². The van der Waals surface area contributed by atoms with Crippen molar-refractivity contribution >= 4 is 28.8 Å². The topological polar surface area (TPSA) is 145 Å². The number of carboxylic acid groups (broad SMARTS) is 1. The Kier molecular flexibility index (Phi) is 5.97. The van der Waals surface area contributed by atoms with Crippen molar-refractivity contribution in [2.24, 2.45) is 0 Å². The number of aryl methyl sites for hydroxylation is 1. The molecule has 10 nitrogen and oxygen atoms in total. The number of pyridine rings is 2. The number of cyclic esters (lactones) is 1. The molecule has 0 aliphatic carbocycles. The van der Waals surface area contributed by atoms with Crippen molar-refractivity contribution in [3.8, 4) is 17.1 Å². The van der Waals surface area contributed by atoms with Crippen molar-refractivity contribution in [3.05, 3.63) is 56.9 Å². The van der Waals surface area contributed by atoms with E-state index in [4.69, 9.17) is 19.6 Å². The summed E-state index contributed by atoms with van der Waals surface area (Å²) in [7, 11) is 0. The standard InChI is InChI=1S/C27H26N2O8/c1-3-15-16-10-14(30)8-9-20(16)28-24-17(15)12-29-21(24)11-19-18(25(29)34)13-36-26(35)27(19,4-2)37-23(33)7-5-6-22(31)32/h8-11,30H,3-7,12-13H2,1-2H3,(H,31,32)/t27-/m0/s1. The van der Waals surface area contributed by atoms with Gasteiger partial charge in [-0.15, -0.1) is 0 Å². The Labute approximate surface area is 211 Å². The van der Waals surface area contributed by atoms with Gasteiger partial charge in [0, 0.05) is 29.4 Å². The minimum absolute atomic E-state index is 0.0316. The molecule has 2 N–H and O–H groups in total. The van der Waals surface area contributed by atoms with E-state index in [2.05, 4.69) is 0 Å². The molecule has 0 amide bonds. The number of fused-ring (bicyclic) bond motifs is 5. The molecule has 1 atom stereocenters. The van der Waals surface area contributed by atoms with Gasteiger partial charge in [0.05, 0.1) is 29.0 Å². The van der Waals surface area contributed by atoms with Gasteiger partial charge in [0.25, 0.3) is 5.56 Å². The number of hydrogen-bond donors (Lipinski definition) is 2. The molecule has 2 aliphatic rings. The summed E-state index contributed by atoms with van der Waals surface area (Å²) in [4.78, 5) is 55.0. The van der Waals surface area contributed by atoms with Crippen LogP contribution in [0.1, 0.15) is 61.8 Å². The fraction of sp³-hybridized carbons (Fsp3) is 0.370. The number of esters is 2. The van der Waals surface area contributed by atoms with E-state index in [-0.39, 0.29) is 61.3 Å². The number of phenols is 1. The molecule has 0 spiro atoms. The summed E-state index contributed by atoms with van der Waals surface area (Å²) in [6, 6.07) is 6.63. The fourth-order valence-corrected chi connectivity index (χ4v) is 5.34. The minimum atomic E-state index is -1.82. The van der Waals surface area contributed by atoms with Crippen molar-refractivity contribution in [2.75, 3.05) is 0 Å². The lowest BCUT2D eigenvalue weighted by Gasteiger charge is -2.35. The first-order valence-corrected chi connectivity index (χ1v) is 12.2. The first kappa shape index (κ1) is 24.5. The lowest BCUT2D eigenvalue weighted by atomic mass is 9.85. The van der Waals surface area contributed by atoms with Gasteiger partial charge in [0.1, 0.15) is 12.4 Å². The van der Waals surface area contributed by atoms with E-state index in [0.717, 1.165) is 16.5 Å². The molecule has 2 aliphatic heterocycles. The highest BCUT2D eigenvalue weighted by Gasteiger charge is 2.50. The van der Waals surface area contributed by atoms with Gasteiger partial charge in [-0.3, -0.25) is 14.4 Å². The Balaban J connectivity index is 1.65. The summed E-state index contributed by atoms with van der Waals surface area (Å²) in [6.07, 6.45) is 0.343. The minimum Gasteiger partial charge on any atom is -0.508 e. The fourth-order valence-electron chi connectivity index (χ4n) is 5.34. The normalized spacial score (nSPS) is 17.6. The molecule has 10 heteroatoms. The summed E-state index contributed by atoms with van der Waals surface area (Å²) in [6.45, 7) is 3.69. The number of benzene rings is 1. The van der Waals surface area contributed by atoms with Gasteiger partial charge in [-0.05, 0) is 49.1 Å². The summed E-state index contributed by atoms with van der Waals surface area (Å²) in [5.41, 5.74) is 1.94. The molecule has 0 saturated heterocycles. The van der Waals surface area contributed by atoms with E-state index in [1.54, 1.807) is 35.8 Å². The molecular weight excluding hydrogens is 480 g/mol. The van der Waals surface area contributed by atoms with E-state index < -0.39 is 23.5 Å². The summed E-state index contributed by atoms with van der Waals surface area (Å²) in [5, 5.41) is 19.7.